The Morgan fingerprint density at radius 1 is 1.75 bits per heavy atom. The molecule has 0 aliphatic rings. The highest BCUT2D eigenvalue weighted by atomic mass is 127. The standard InChI is InChI=1S/C5H2FIN/c6-4-3-8-2-1-5(4)7/h1-2H. The van der Waals surface area contributed by atoms with Gasteiger partial charge in [-0.2, -0.15) is 0 Å². The zero-order chi connectivity index (χ0) is 5.98. The van der Waals surface area contributed by atoms with E-state index in [0.717, 1.165) is 0 Å². The van der Waals surface area contributed by atoms with Gasteiger partial charge >= 0.3 is 0 Å². The molecule has 1 rings (SSSR count). The quantitative estimate of drug-likeness (QED) is 0.608. The van der Waals surface area contributed by atoms with Gasteiger partial charge in [-0.25, -0.2) is 4.39 Å². The summed E-state index contributed by atoms with van der Waals surface area (Å²) >= 11 is 1.88. The Morgan fingerprint density at radius 2 is 2.50 bits per heavy atom. The SMILES string of the molecule is Fc1[c]nccc1I. The van der Waals surface area contributed by atoms with Gasteiger partial charge in [0.25, 0.3) is 0 Å². The van der Waals surface area contributed by atoms with Crippen LogP contribution in [0.4, 0.5) is 4.39 Å². The number of nitrogens with zero attached hydrogens (tertiary/aromatic N) is 1. The normalized spacial score (nSPS) is 9.25. The first kappa shape index (κ1) is 5.94. The Kier molecular flexibility index (Phi) is 1.77. The Hall–Kier alpha value is -0.190. The molecule has 0 spiro atoms. The van der Waals surface area contributed by atoms with E-state index in [1.807, 2.05) is 22.6 Å². The van der Waals surface area contributed by atoms with Crippen molar-refractivity contribution in [3.63, 3.8) is 0 Å². The molecule has 0 atom stereocenters. The summed E-state index contributed by atoms with van der Waals surface area (Å²) in [5, 5.41) is 0. The zero-order valence-corrected chi connectivity index (χ0v) is 6.02. The molecule has 1 nitrogen and oxygen atoms in total. The van der Waals surface area contributed by atoms with Gasteiger partial charge in [-0.05, 0) is 28.7 Å². The minimum absolute atomic E-state index is 0.381. The molecule has 1 radical (unpaired) electrons. The first-order valence-corrected chi connectivity index (χ1v) is 3.06. The molecular weight excluding hydrogens is 220 g/mol. The van der Waals surface area contributed by atoms with Gasteiger partial charge in [0, 0.05) is 6.20 Å². The highest BCUT2D eigenvalue weighted by molar-refractivity contribution is 14.1. The molecule has 0 aromatic carbocycles. The molecular formula is C5H2FIN. The van der Waals surface area contributed by atoms with Crippen LogP contribution in [0, 0.1) is 15.6 Å². The van der Waals surface area contributed by atoms with Crippen LogP contribution in [-0.2, 0) is 0 Å². The summed E-state index contributed by atoms with van der Waals surface area (Å²) in [7, 11) is 0. The number of pyridine rings is 1. The zero-order valence-electron chi connectivity index (χ0n) is 3.86. The summed E-state index contributed by atoms with van der Waals surface area (Å²) in [6, 6.07) is 1.59. The number of hydrogen-bond acceptors (Lipinski definition) is 1. The van der Waals surface area contributed by atoms with E-state index < -0.39 is 0 Å². The molecule has 0 aliphatic heterocycles. The minimum atomic E-state index is -0.381. The molecule has 0 saturated carbocycles. The highest BCUT2D eigenvalue weighted by Gasteiger charge is 1.93. The molecule has 41 valence electrons. The third-order valence-corrected chi connectivity index (χ3v) is 1.50. The van der Waals surface area contributed by atoms with Crippen LogP contribution >= 0.6 is 22.6 Å². The lowest BCUT2D eigenvalue weighted by molar-refractivity contribution is 0.611. The largest absolute Gasteiger partial charge is 0.251 e. The first-order valence-electron chi connectivity index (χ1n) is 1.98. The van der Waals surface area contributed by atoms with Crippen LogP contribution in [0.25, 0.3) is 0 Å². The van der Waals surface area contributed by atoms with Crippen molar-refractivity contribution < 1.29 is 4.39 Å². The molecule has 0 fully saturated rings. The fraction of sp³-hybridized carbons (Fsp3) is 0. The van der Waals surface area contributed by atoms with Gasteiger partial charge in [0.2, 0.25) is 0 Å². The Labute approximate surface area is 60.1 Å². The van der Waals surface area contributed by atoms with Crippen LogP contribution in [0.15, 0.2) is 12.3 Å². The summed E-state index contributed by atoms with van der Waals surface area (Å²) in [6.45, 7) is 0. The number of rotatable bonds is 0. The van der Waals surface area contributed by atoms with Crippen molar-refractivity contribution in [2.75, 3.05) is 0 Å². The van der Waals surface area contributed by atoms with E-state index in [9.17, 15) is 4.39 Å². The summed E-state index contributed by atoms with van der Waals surface area (Å²) in [5.74, 6) is -0.381. The van der Waals surface area contributed by atoms with Gasteiger partial charge in [0.1, 0.15) is 6.20 Å². The molecule has 3 heteroatoms. The lowest BCUT2D eigenvalue weighted by Gasteiger charge is -1.85. The average molecular weight is 222 g/mol. The average Bonchev–Trinajstić information content (AvgIpc) is 1.77. The van der Waals surface area contributed by atoms with Crippen molar-refractivity contribution in [2.24, 2.45) is 0 Å². The van der Waals surface area contributed by atoms with Crippen LogP contribution in [0.2, 0.25) is 0 Å². The molecule has 0 saturated heterocycles. The predicted molar refractivity (Wildman–Crippen MR) is 35.7 cm³/mol. The molecule has 0 unspecified atom stereocenters. The van der Waals surface area contributed by atoms with E-state index in [1.54, 1.807) is 6.07 Å². The van der Waals surface area contributed by atoms with Gasteiger partial charge < -0.3 is 0 Å². The van der Waals surface area contributed by atoms with Gasteiger partial charge in [-0.3, -0.25) is 4.98 Å². The third-order valence-electron chi connectivity index (χ3n) is 0.668. The van der Waals surface area contributed by atoms with Crippen LogP contribution in [0.3, 0.4) is 0 Å². The van der Waals surface area contributed by atoms with E-state index in [1.165, 1.54) is 6.20 Å². The van der Waals surface area contributed by atoms with Crippen LogP contribution in [-0.4, -0.2) is 4.98 Å². The minimum Gasteiger partial charge on any atom is -0.251 e. The molecule has 0 N–H and O–H groups in total. The number of aromatic nitrogens is 1. The van der Waals surface area contributed by atoms with Gasteiger partial charge in [-0.1, -0.05) is 0 Å². The van der Waals surface area contributed by atoms with E-state index >= 15 is 0 Å². The summed E-state index contributed by atoms with van der Waals surface area (Å²) in [4.78, 5) is 3.44. The lowest BCUT2D eigenvalue weighted by Crippen LogP contribution is -1.80. The Balaban J connectivity index is 3.13. The van der Waals surface area contributed by atoms with Crippen molar-refractivity contribution in [3.05, 3.63) is 27.8 Å². The molecule has 0 aliphatic carbocycles. The van der Waals surface area contributed by atoms with Crippen LogP contribution in [0.1, 0.15) is 0 Å². The maximum atomic E-state index is 12.2. The summed E-state index contributed by atoms with van der Waals surface area (Å²) in [5.41, 5.74) is 0. The predicted octanol–water partition coefficient (Wildman–Crippen LogP) is 1.63. The summed E-state index contributed by atoms with van der Waals surface area (Å²) in [6.07, 6.45) is 3.68. The van der Waals surface area contributed by atoms with Gasteiger partial charge in [0.15, 0.2) is 5.82 Å². The highest BCUT2D eigenvalue weighted by Crippen LogP contribution is 2.05. The molecule has 1 aromatic heterocycles. The van der Waals surface area contributed by atoms with Crippen LogP contribution in [0.5, 0.6) is 0 Å². The molecule has 8 heavy (non-hydrogen) atoms. The van der Waals surface area contributed by atoms with E-state index in [4.69, 9.17) is 0 Å². The van der Waals surface area contributed by atoms with Crippen LogP contribution < -0.4 is 0 Å². The number of hydrogen-bond donors (Lipinski definition) is 0. The van der Waals surface area contributed by atoms with Crippen molar-refractivity contribution in [1.29, 1.82) is 0 Å². The first-order chi connectivity index (χ1) is 3.80. The molecule has 1 aromatic rings. The lowest BCUT2D eigenvalue weighted by atomic mass is 10.5. The third kappa shape index (κ3) is 1.15. The van der Waals surface area contributed by atoms with Gasteiger partial charge in [0.05, 0.1) is 3.57 Å². The Morgan fingerprint density at radius 3 is 2.88 bits per heavy atom. The molecule has 0 bridgehead atoms. The fourth-order valence-corrected chi connectivity index (χ4v) is 0.605. The topological polar surface area (TPSA) is 12.9 Å². The monoisotopic (exact) mass is 222 g/mol. The van der Waals surface area contributed by atoms with E-state index in [2.05, 4.69) is 11.2 Å². The van der Waals surface area contributed by atoms with Crippen molar-refractivity contribution >= 4 is 22.6 Å². The Bertz CT molecular complexity index is 169. The second-order valence-corrected chi connectivity index (χ2v) is 2.38. The summed E-state index contributed by atoms with van der Waals surface area (Å²) < 4.78 is 12.7. The van der Waals surface area contributed by atoms with Crippen molar-refractivity contribution in [3.8, 4) is 0 Å². The maximum absolute atomic E-state index is 12.2. The second kappa shape index (κ2) is 2.39. The van der Waals surface area contributed by atoms with Crippen molar-refractivity contribution in [2.45, 2.75) is 0 Å². The van der Waals surface area contributed by atoms with E-state index in [0.29, 0.717) is 3.57 Å². The number of halogens is 2. The van der Waals surface area contributed by atoms with Crippen molar-refractivity contribution in [1.82, 2.24) is 4.98 Å². The molecule has 0 amide bonds. The second-order valence-electron chi connectivity index (χ2n) is 1.22. The van der Waals surface area contributed by atoms with Gasteiger partial charge in [-0.15, -0.1) is 0 Å². The molecule has 1 heterocycles. The van der Waals surface area contributed by atoms with E-state index in [-0.39, 0.29) is 5.82 Å². The fourth-order valence-electron chi connectivity index (χ4n) is 0.323. The smallest absolute Gasteiger partial charge is 0.164 e. The maximum Gasteiger partial charge on any atom is 0.164 e.